The predicted molar refractivity (Wildman–Crippen MR) is 117 cm³/mol. The molecular formula is C20H19ClN4O6S. The Morgan fingerprint density at radius 3 is 2.28 bits per heavy atom. The maximum atomic E-state index is 12.0. The second-order valence-corrected chi connectivity index (χ2v) is 7.47. The molecular weight excluding hydrogens is 460 g/mol. The van der Waals surface area contributed by atoms with Crippen molar-refractivity contribution >= 4 is 35.2 Å². The molecule has 0 aliphatic rings. The third-order valence-electron chi connectivity index (χ3n) is 3.86. The average Bonchev–Trinajstić information content (AvgIpc) is 3.30. The molecule has 1 aromatic heterocycles. The Hall–Kier alpha value is -3.44. The normalized spacial score (nSPS) is 10.3. The zero-order valence-electron chi connectivity index (χ0n) is 17.1. The number of carbonyl (C=O) groups is 2. The highest BCUT2D eigenvalue weighted by Gasteiger charge is 2.14. The first kappa shape index (κ1) is 23.2. The van der Waals surface area contributed by atoms with Gasteiger partial charge in [-0.2, -0.15) is 0 Å². The number of ether oxygens (including phenoxy) is 3. The van der Waals surface area contributed by atoms with E-state index >= 15 is 0 Å². The second kappa shape index (κ2) is 11.3. The summed E-state index contributed by atoms with van der Waals surface area (Å²) in [4.78, 5) is 23.7. The summed E-state index contributed by atoms with van der Waals surface area (Å²) in [6.45, 7) is -0.272. The Bertz CT molecular complexity index is 1050. The van der Waals surface area contributed by atoms with Crippen molar-refractivity contribution in [2.75, 3.05) is 26.6 Å². The van der Waals surface area contributed by atoms with Crippen LogP contribution in [0.4, 0.5) is 0 Å². The fraction of sp³-hybridized carbons (Fsp3) is 0.200. The summed E-state index contributed by atoms with van der Waals surface area (Å²) in [5.74, 6) is 0.832. The van der Waals surface area contributed by atoms with Crippen molar-refractivity contribution in [1.29, 1.82) is 0 Å². The highest BCUT2D eigenvalue weighted by Crippen LogP contribution is 2.30. The molecule has 0 saturated carbocycles. The number of amides is 2. The number of nitrogens with zero attached hydrogens (tertiary/aromatic N) is 2. The number of halogens is 1. The third-order valence-corrected chi connectivity index (χ3v) is 4.93. The highest BCUT2D eigenvalue weighted by molar-refractivity contribution is 7.99. The molecule has 2 aromatic carbocycles. The summed E-state index contributed by atoms with van der Waals surface area (Å²) < 4.78 is 21.3. The molecule has 0 atom stereocenters. The summed E-state index contributed by atoms with van der Waals surface area (Å²) in [6.07, 6.45) is 0. The Morgan fingerprint density at radius 2 is 1.62 bits per heavy atom. The van der Waals surface area contributed by atoms with Gasteiger partial charge in [0.2, 0.25) is 11.8 Å². The molecule has 2 N–H and O–H groups in total. The van der Waals surface area contributed by atoms with Crippen LogP contribution in [0.15, 0.2) is 52.1 Å². The number of methoxy groups -OCH3 is 2. The number of hydrazine groups is 1. The van der Waals surface area contributed by atoms with Crippen LogP contribution in [0.3, 0.4) is 0 Å². The first-order valence-corrected chi connectivity index (χ1v) is 10.5. The zero-order chi connectivity index (χ0) is 22.9. The first-order chi connectivity index (χ1) is 15.5. The van der Waals surface area contributed by atoms with E-state index in [2.05, 4.69) is 21.0 Å². The molecule has 32 heavy (non-hydrogen) atoms. The number of nitrogens with one attached hydrogen (secondary N) is 2. The van der Waals surface area contributed by atoms with Crippen LogP contribution < -0.4 is 25.1 Å². The molecule has 0 unspecified atom stereocenters. The zero-order valence-corrected chi connectivity index (χ0v) is 18.7. The minimum atomic E-state index is -0.523. The monoisotopic (exact) mass is 478 g/mol. The fourth-order valence-electron chi connectivity index (χ4n) is 2.33. The summed E-state index contributed by atoms with van der Waals surface area (Å²) in [5, 5.41) is 8.63. The molecule has 0 fully saturated rings. The molecule has 3 aromatic rings. The SMILES string of the molecule is COc1cc(OC)cc(-c2nnc(SCC(=O)NNC(=O)COc3ccc(Cl)cc3)o2)c1. The summed E-state index contributed by atoms with van der Waals surface area (Å²) >= 11 is 6.80. The maximum absolute atomic E-state index is 12.0. The van der Waals surface area contributed by atoms with Gasteiger partial charge in [0, 0.05) is 16.7 Å². The summed E-state index contributed by atoms with van der Waals surface area (Å²) in [7, 11) is 3.07. The van der Waals surface area contributed by atoms with E-state index in [4.69, 9.17) is 30.2 Å². The highest BCUT2D eigenvalue weighted by atomic mass is 35.5. The molecule has 0 aliphatic carbocycles. The number of hydrogen-bond donors (Lipinski definition) is 2. The number of carbonyl (C=O) groups excluding carboxylic acids is 2. The van der Waals surface area contributed by atoms with Crippen LogP contribution >= 0.6 is 23.4 Å². The van der Waals surface area contributed by atoms with Gasteiger partial charge >= 0.3 is 0 Å². The molecule has 12 heteroatoms. The van der Waals surface area contributed by atoms with Crippen LogP contribution in [-0.4, -0.2) is 48.6 Å². The van der Waals surface area contributed by atoms with Gasteiger partial charge in [-0.25, -0.2) is 0 Å². The van der Waals surface area contributed by atoms with Gasteiger partial charge < -0.3 is 18.6 Å². The topological polar surface area (TPSA) is 125 Å². The number of rotatable bonds is 9. The van der Waals surface area contributed by atoms with Crippen molar-refractivity contribution in [1.82, 2.24) is 21.0 Å². The quantitative estimate of drug-likeness (QED) is 0.352. The molecule has 0 spiro atoms. The van der Waals surface area contributed by atoms with Crippen LogP contribution in [0.5, 0.6) is 17.2 Å². The van der Waals surface area contributed by atoms with Gasteiger partial charge in [-0.1, -0.05) is 23.4 Å². The van der Waals surface area contributed by atoms with E-state index in [0.29, 0.717) is 27.8 Å². The van der Waals surface area contributed by atoms with Gasteiger partial charge in [0.05, 0.1) is 20.0 Å². The van der Waals surface area contributed by atoms with E-state index in [9.17, 15) is 9.59 Å². The largest absolute Gasteiger partial charge is 0.497 e. The van der Waals surface area contributed by atoms with E-state index in [0.717, 1.165) is 11.8 Å². The predicted octanol–water partition coefficient (Wildman–Crippen LogP) is 2.73. The number of benzene rings is 2. The van der Waals surface area contributed by atoms with Gasteiger partial charge in [0.1, 0.15) is 17.2 Å². The maximum Gasteiger partial charge on any atom is 0.277 e. The Morgan fingerprint density at radius 1 is 0.969 bits per heavy atom. The van der Waals surface area contributed by atoms with E-state index in [1.807, 2.05) is 0 Å². The minimum absolute atomic E-state index is 0.0542. The second-order valence-electron chi connectivity index (χ2n) is 6.10. The first-order valence-electron chi connectivity index (χ1n) is 9.12. The standard InChI is InChI=1S/C20H19ClN4O6S/c1-28-15-7-12(8-16(9-15)29-2)19-24-25-20(31-19)32-11-18(27)23-22-17(26)10-30-14-5-3-13(21)4-6-14/h3-9H,10-11H2,1-2H3,(H,22,26)(H,23,27). The van der Waals surface area contributed by atoms with E-state index < -0.39 is 11.8 Å². The van der Waals surface area contributed by atoms with Crippen molar-refractivity contribution in [3.8, 4) is 28.7 Å². The lowest BCUT2D eigenvalue weighted by Gasteiger charge is -2.08. The van der Waals surface area contributed by atoms with Crippen LogP contribution in [0.25, 0.3) is 11.5 Å². The van der Waals surface area contributed by atoms with E-state index in [-0.39, 0.29) is 23.5 Å². The Balaban J connectivity index is 1.44. The fourth-order valence-corrected chi connectivity index (χ4v) is 3.02. The molecule has 0 bridgehead atoms. The lowest BCUT2D eigenvalue weighted by Crippen LogP contribution is -2.44. The van der Waals surface area contributed by atoms with E-state index in [1.165, 1.54) is 14.2 Å². The lowest BCUT2D eigenvalue weighted by molar-refractivity contribution is -0.128. The molecule has 0 aliphatic heterocycles. The van der Waals surface area contributed by atoms with Crippen molar-refractivity contribution < 1.29 is 28.2 Å². The molecule has 0 radical (unpaired) electrons. The van der Waals surface area contributed by atoms with Gasteiger partial charge in [-0.15, -0.1) is 10.2 Å². The van der Waals surface area contributed by atoms with Crippen molar-refractivity contribution in [3.63, 3.8) is 0 Å². The van der Waals surface area contributed by atoms with Crippen molar-refractivity contribution in [2.45, 2.75) is 5.22 Å². The summed E-state index contributed by atoms with van der Waals surface area (Å²) in [6, 6.07) is 11.7. The smallest absolute Gasteiger partial charge is 0.277 e. The molecule has 168 valence electrons. The molecule has 3 rings (SSSR count). The van der Waals surface area contributed by atoms with E-state index in [1.54, 1.807) is 42.5 Å². The van der Waals surface area contributed by atoms with Gasteiger partial charge in [-0.05, 0) is 36.4 Å². The van der Waals surface area contributed by atoms with Crippen LogP contribution in [0.1, 0.15) is 0 Å². The summed E-state index contributed by atoms with van der Waals surface area (Å²) in [5.41, 5.74) is 5.15. The van der Waals surface area contributed by atoms with Crippen molar-refractivity contribution in [2.24, 2.45) is 0 Å². The minimum Gasteiger partial charge on any atom is -0.497 e. The van der Waals surface area contributed by atoms with Crippen molar-refractivity contribution in [3.05, 3.63) is 47.5 Å². The number of thioether (sulfide) groups is 1. The number of aromatic nitrogens is 2. The van der Waals surface area contributed by atoms with Gasteiger partial charge in [-0.3, -0.25) is 20.4 Å². The molecule has 0 saturated heterocycles. The molecule has 2 amide bonds. The van der Waals surface area contributed by atoms with Gasteiger partial charge in [0.15, 0.2) is 6.61 Å². The van der Waals surface area contributed by atoms with Crippen LogP contribution in [-0.2, 0) is 9.59 Å². The molecule has 1 heterocycles. The molecule has 10 nitrogen and oxygen atoms in total. The Labute approximate surface area is 192 Å². The number of hydrogen-bond acceptors (Lipinski definition) is 9. The van der Waals surface area contributed by atoms with Crippen LogP contribution in [0, 0.1) is 0 Å². The Kier molecular flexibility index (Phi) is 8.17. The van der Waals surface area contributed by atoms with Crippen LogP contribution in [0.2, 0.25) is 5.02 Å². The van der Waals surface area contributed by atoms with Gasteiger partial charge in [0.25, 0.3) is 11.1 Å². The lowest BCUT2D eigenvalue weighted by atomic mass is 10.2. The third kappa shape index (κ3) is 6.79. The average molecular weight is 479 g/mol.